The summed E-state index contributed by atoms with van der Waals surface area (Å²) in [5, 5.41) is 12.5. The van der Waals surface area contributed by atoms with Gasteiger partial charge in [0.1, 0.15) is 0 Å². The van der Waals surface area contributed by atoms with Crippen molar-refractivity contribution in [2.24, 2.45) is 0 Å². The second-order valence-electron chi connectivity index (χ2n) is 4.02. The van der Waals surface area contributed by atoms with Gasteiger partial charge in [-0.3, -0.25) is 10.0 Å². The minimum atomic E-state index is -0.567. The van der Waals surface area contributed by atoms with Gasteiger partial charge in [-0.2, -0.15) is 0 Å². The molecule has 0 radical (unpaired) electrons. The lowest BCUT2D eigenvalue weighted by Crippen LogP contribution is -2.19. The van der Waals surface area contributed by atoms with Crippen LogP contribution >= 0.6 is 11.6 Å². The number of para-hydroxylation sites is 1. The van der Waals surface area contributed by atoms with Gasteiger partial charge in [-0.1, -0.05) is 29.8 Å². The van der Waals surface area contributed by atoms with E-state index in [-0.39, 0.29) is 0 Å². The van der Waals surface area contributed by atoms with Gasteiger partial charge in [0, 0.05) is 10.7 Å². The van der Waals surface area contributed by atoms with E-state index in [1.165, 1.54) is 0 Å². The standard InChI is InChI=1S/C14H13ClN2O2/c1-9-11(15)6-4-8-12(9)16-13-7-3-2-5-10(13)14(18)17-19/h2-8,16,19H,1H3,(H,17,18). The highest BCUT2D eigenvalue weighted by Gasteiger charge is 2.11. The fourth-order valence-electron chi connectivity index (χ4n) is 1.74. The maximum atomic E-state index is 11.5. The van der Waals surface area contributed by atoms with E-state index in [1.54, 1.807) is 35.8 Å². The van der Waals surface area contributed by atoms with Gasteiger partial charge in [0.05, 0.1) is 11.3 Å². The van der Waals surface area contributed by atoms with Gasteiger partial charge in [-0.25, -0.2) is 5.48 Å². The summed E-state index contributed by atoms with van der Waals surface area (Å²) in [5.74, 6) is -0.567. The van der Waals surface area contributed by atoms with Crippen molar-refractivity contribution in [2.75, 3.05) is 5.32 Å². The Labute approximate surface area is 116 Å². The van der Waals surface area contributed by atoms with E-state index >= 15 is 0 Å². The first-order valence-corrected chi connectivity index (χ1v) is 6.07. The van der Waals surface area contributed by atoms with Crippen LogP contribution in [0, 0.1) is 6.92 Å². The Kier molecular flexibility index (Phi) is 4.04. The van der Waals surface area contributed by atoms with Crippen molar-refractivity contribution in [3.63, 3.8) is 0 Å². The molecule has 0 unspecified atom stereocenters. The number of hydrogen-bond acceptors (Lipinski definition) is 3. The molecule has 0 fully saturated rings. The third-order valence-electron chi connectivity index (χ3n) is 2.81. The zero-order valence-electron chi connectivity index (χ0n) is 10.3. The minimum Gasteiger partial charge on any atom is -0.355 e. The first-order chi connectivity index (χ1) is 9.13. The summed E-state index contributed by atoms with van der Waals surface area (Å²) in [6, 6.07) is 12.4. The number of amides is 1. The van der Waals surface area contributed by atoms with E-state index in [2.05, 4.69) is 5.32 Å². The lowest BCUT2D eigenvalue weighted by atomic mass is 10.1. The molecule has 0 heterocycles. The molecule has 4 nitrogen and oxygen atoms in total. The van der Waals surface area contributed by atoms with Crippen molar-refractivity contribution in [2.45, 2.75) is 6.92 Å². The number of hydroxylamine groups is 1. The fraction of sp³-hybridized carbons (Fsp3) is 0.0714. The summed E-state index contributed by atoms with van der Waals surface area (Å²) < 4.78 is 0. The summed E-state index contributed by atoms with van der Waals surface area (Å²) in [5.41, 5.74) is 4.28. The number of carbonyl (C=O) groups is 1. The third-order valence-corrected chi connectivity index (χ3v) is 3.22. The predicted octanol–water partition coefficient (Wildman–Crippen LogP) is 3.51. The average molecular weight is 277 g/mol. The van der Waals surface area contributed by atoms with Crippen molar-refractivity contribution < 1.29 is 10.0 Å². The second-order valence-corrected chi connectivity index (χ2v) is 4.43. The Hall–Kier alpha value is -2.04. The molecule has 2 rings (SSSR count). The van der Waals surface area contributed by atoms with Gasteiger partial charge >= 0.3 is 0 Å². The van der Waals surface area contributed by atoms with Crippen LogP contribution in [0.4, 0.5) is 11.4 Å². The summed E-state index contributed by atoms with van der Waals surface area (Å²) in [7, 11) is 0. The number of hydrogen-bond donors (Lipinski definition) is 3. The molecule has 0 aliphatic heterocycles. The van der Waals surface area contributed by atoms with Crippen LogP contribution in [0.15, 0.2) is 42.5 Å². The Morgan fingerprint density at radius 1 is 1.11 bits per heavy atom. The number of carbonyl (C=O) groups excluding carboxylic acids is 1. The van der Waals surface area contributed by atoms with Gasteiger partial charge in [-0.05, 0) is 36.8 Å². The summed E-state index contributed by atoms with van der Waals surface area (Å²) in [6.45, 7) is 1.89. The molecule has 0 saturated carbocycles. The van der Waals surface area contributed by atoms with Gasteiger partial charge in [0.15, 0.2) is 0 Å². The summed E-state index contributed by atoms with van der Waals surface area (Å²) in [6.07, 6.45) is 0. The summed E-state index contributed by atoms with van der Waals surface area (Å²) >= 11 is 6.05. The van der Waals surface area contributed by atoms with Crippen LogP contribution in [0.3, 0.4) is 0 Å². The molecule has 0 saturated heterocycles. The van der Waals surface area contributed by atoms with Gasteiger partial charge < -0.3 is 5.32 Å². The zero-order chi connectivity index (χ0) is 13.8. The first kappa shape index (κ1) is 13.4. The van der Waals surface area contributed by atoms with Crippen molar-refractivity contribution in [3.05, 3.63) is 58.6 Å². The van der Waals surface area contributed by atoms with E-state index in [0.29, 0.717) is 16.3 Å². The van der Waals surface area contributed by atoms with Crippen molar-refractivity contribution in [1.82, 2.24) is 5.48 Å². The SMILES string of the molecule is Cc1c(Cl)cccc1Nc1ccccc1C(=O)NO. The Balaban J connectivity index is 2.39. The molecule has 0 aliphatic rings. The molecular formula is C14H13ClN2O2. The predicted molar refractivity (Wildman–Crippen MR) is 75.2 cm³/mol. The molecule has 0 spiro atoms. The number of rotatable bonds is 3. The Morgan fingerprint density at radius 2 is 1.79 bits per heavy atom. The highest BCUT2D eigenvalue weighted by Crippen LogP contribution is 2.27. The normalized spacial score (nSPS) is 10.1. The molecule has 2 aromatic carbocycles. The van der Waals surface area contributed by atoms with Crippen LogP contribution in [-0.4, -0.2) is 11.1 Å². The molecular weight excluding hydrogens is 264 g/mol. The lowest BCUT2D eigenvalue weighted by molar-refractivity contribution is 0.0707. The number of anilines is 2. The van der Waals surface area contributed by atoms with E-state index in [4.69, 9.17) is 16.8 Å². The molecule has 98 valence electrons. The highest BCUT2D eigenvalue weighted by atomic mass is 35.5. The molecule has 0 atom stereocenters. The number of halogens is 1. The van der Waals surface area contributed by atoms with Gasteiger partial charge in [0.2, 0.25) is 0 Å². The van der Waals surface area contributed by atoms with Gasteiger partial charge in [0.25, 0.3) is 5.91 Å². The van der Waals surface area contributed by atoms with Crippen LogP contribution in [0.5, 0.6) is 0 Å². The van der Waals surface area contributed by atoms with E-state index in [9.17, 15) is 4.79 Å². The number of benzene rings is 2. The average Bonchev–Trinajstić information content (AvgIpc) is 2.43. The topological polar surface area (TPSA) is 61.4 Å². The Bertz CT molecular complexity index is 614. The highest BCUT2D eigenvalue weighted by molar-refractivity contribution is 6.31. The lowest BCUT2D eigenvalue weighted by Gasteiger charge is -2.13. The van der Waals surface area contributed by atoms with Crippen LogP contribution in [0.2, 0.25) is 5.02 Å². The third kappa shape index (κ3) is 2.86. The smallest absolute Gasteiger partial charge is 0.276 e. The molecule has 19 heavy (non-hydrogen) atoms. The van der Waals surface area contributed by atoms with Crippen molar-refractivity contribution in [3.8, 4) is 0 Å². The second kappa shape index (κ2) is 5.73. The molecule has 1 amide bonds. The summed E-state index contributed by atoms with van der Waals surface area (Å²) in [4.78, 5) is 11.5. The van der Waals surface area contributed by atoms with Crippen LogP contribution in [0.1, 0.15) is 15.9 Å². The molecule has 0 aliphatic carbocycles. The minimum absolute atomic E-state index is 0.351. The Morgan fingerprint density at radius 3 is 2.53 bits per heavy atom. The van der Waals surface area contributed by atoms with E-state index in [0.717, 1.165) is 11.3 Å². The molecule has 0 bridgehead atoms. The van der Waals surface area contributed by atoms with Crippen molar-refractivity contribution >= 4 is 28.9 Å². The van der Waals surface area contributed by atoms with Crippen LogP contribution in [0.25, 0.3) is 0 Å². The zero-order valence-corrected chi connectivity index (χ0v) is 11.0. The molecule has 0 aromatic heterocycles. The number of nitrogens with one attached hydrogen (secondary N) is 2. The van der Waals surface area contributed by atoms with Crippen LogP contribution in [-0.2, 0) is 0 Å². The maximum Gasteiger partial charge on any atom is 0.276 e. The largest absolute Gasteiger partial charge is 0.355 e. The first-order valence-electron chi connectivity index (χ1n) is 5.69. The van der Waals surface area contributed by atoms with E-state index in [1.807, 2.05) is 19.1 Å². The quantitative estimate of drug-likeness (QED) is 0.594. The maximum absolute atomic E-state index is 11.5. The molecule has 5 heteroatoms. The molecule has 3 N–H and O–H groups in total. The monoisotopic (exact) mass is 276 g/mol. The van der Waals surface area contributed by atoms with Crippen molar-refractivity contribution in [1.29, 1.82) is 0 Å². The van der Waals surface area contributed by atoms with E-state index < -0.39 is 5.91 Å². The van der Waals surface area contributed by atoms with Crippen LogP contribution < -0.4 is 10.8 Å². The fourth-order valence-corrected chi connectivity index (χ4v) is 1.91. The van der Waals surface area contributed by atoms with Gasteiger partial charge in [-0.15, -0.1) is 0 Å². The molecule has 2 aromatic rings.